The Morgan fingerprint density at radius 1 is 0.933 bits per heavy atom. The second-order valence-corrected chi connectivity index (χ2v) is 8.95. The van der Waals surface area contributed by atoms with Crippen LogP contribution in [0.25, 0.3) is 11.1 Å². The van der Waals surface area contributed by atoms with Gasteiger partial charge in [0, 0.05) is 35.5 Å². The van der Waals surface area contributed by atoms with E-state index in [0.717, 1.165) is 0 Å². The summed E-state index contributed by atoms with van der Waals surface area (Å²) in [4.78, 5) is 13.1. The lowest BCUT2D eigenvalue weighted by atomic mass is 10.00. The molecule has 0 atom stereocenters. The van der Waals surface area contributed by atoms with Gasteiger partial charge in [0.2, 0.25) is 0 Å². The van der Waals surface area contributed by atoms with Gasteiger partial charge in [0.1, 0.15) is 13.2 Å². The van der Waals surface area contributed by atoms with Crippen LogP contribution in [0.2, 0.25) is 0 Å². The van der Waals surface area contributed by atoms with E-state index in [1.165, 1.54) is 11.4 Å². The van der Waals surface area contributed by atoms with Crippen molar-refractivity contribution in [2.75, 3.05) is 29.9 Å². The molecule has 5 rings (SSSR count). The van der Waals surface area contributed by atoms with E-state index in [1.807, 2.05) is 0 Å². The Kier molecular flexibility index (Phi) is 4.18. The first-order valence-electron chi connectivity index (χ1n) is 9.38. The highest BCUT2D eigenvalue weighted by atomic mass is 32.2. The molecule has 0 spiro atoms. The number of anilines is 2. The Balaban J connectivity index is 1.50. The molecule has 0 aliphatic carbocycles. The average molecular weight is 422 g/mol. The van der Waals surface area contributed by atoms with Crippen molar-refractivity contribution in [2.45, 2.75) is 4.90 Å². The third-order valence-electron chi connectivity index (χ3n) is 5.21. The Morgan fingerprint density at radius 2 is 1.70 bits per heavy atom. The van der Waals surface area contributed by atoms with E-state index < -0.39 is 10.0 Å². The minimum atomic E-state index is -3.62. The van der Waals surface area contributed by atoms with Gasteiger partial charge in [-0.1, -0.05) is 18.2 Å². The third kappa shape index (κ3) is 2.88. The molecule has 0 saturated carbocycles. The van der Waals surface area contributed by atoms with Crippen molar-refractivity contribution in [2.24, 2.45) is 0 Å². The molecule has 0 bridgehead atoms. The molecule has 8 heteroatoms. The van der Waals surface area contributed by atoms with Gasteiger partial charge in [-0.15, -0.1) is 0 Å². The van der Waals surface area contributed by atoms with Crippen LogP contribution in [0.15, 0.2) is 65.6 Å². The normalized spacial score (nSPS) is 15.7. The molecule has 0 saturated heterocycles. The average Bonchev–Trinajstić information content (AvgIpc) is 2.77. The number of ether oxygens (including phenoxy) is 2. The van der Waals surface area contributed by atoms with Crippen LogP contribution in [0.5, 0.6) is 11.5 Å². The molecule has 152 valence electrons. The van der Waals surface area contributed by atoms with Crippen LogP contribution >= 0.6 is 0 Å². The first-order chi connectivity index (χ1) is 14.4. The lowest BCUT2D eigenvalue weighted by Crippen LogP contribution is -2.30. The number of sulfonamides is 1. The number of rotatable bonds is 2. The van der Waals surface area contributed by atoms with E-state index in [4.69, 9.17) is 9.47 Å². The molecule has 2 aliphatic rings. The number of fused-ring (bicyclic) bond motifs is 4. The van der Waals surface area contributed by atoms with Crippen LogP contribution in [0.3, 0.4) is 0 Å². The fraction of sp³-hybridized carbons (Fsp3) is 0.136. The van der Waals surface area contributed by atoms with E-state index >= 15 is 0 Å². The lowest BCUT2D eigenvalue weighted by molar-refractivity contribution is 0.102. The van der Waals surface area contributed by atoms with Gasteiger partial charge in [-0.05, 0) is 36.4 Å². The number of benzene rings is 3. The molecular weight excluding hydrogens is 404 g/mol. The van der Waals surface area contributed by atoms with Crippen LogP contribution in [-0.2, 0) is 10.0 Å². The highest BCUT2D eigenvalue weighted by Crippen LogP contribution is 2.42. The molecule has 7 nitrogen and oxygen atoms in total. The number of nitrogens with one attached hydrogen (secondary N) is 1. The van der Waals surface area contributed by atoms with E-state index in [-0.39, 0.29) is 10.8 Å². The Hall–Kier alpha value is -3.52. The largest absolute Gasteiger partial charge is 0.486 e. The molecule has 2 aliphatic heterocycles. The molecule has 3 aromatic rings. The summed E-state index contributed by atoms with van der Waals surface area (Å²) in [5.74, 6) is 0.933. The zero-order valence-electron chi connectivity index (χ0n) is 16.1. The maximum Gasteiger partial charge on any atom is 0.264 e. The van der Waals surface area contributed by atoms with Crippen molar-refractivity contribution in [1.29, 1.82) is 0 Å². The molecule has 3 aromatic carbocycles. The van der Waals surface area contributed by atoms with Crippen molar-refractivity contribution >= 4 is 27.3 Å². The summed E-state index contributed by atoms with van der Waals surface area (Å²) >= 11 is 0. The van der Waals surface area contributed by atoms with Gasteiger partial charge in [0.05, 0.1) is 10.6 Å². The monoisotopic (exact) mass is 422 g/mol. The van der Waals surface area contributed by atoms with Crippen molar-refractivity contribution < 1.29 is 22.7 Å². The second kappa shape index (κ2) is 6.77. The number of carbonyl (C=O) groups is 1. The topological polar surface area (TPSA) is 84.9 Å². The van der Waals surface area contributed by atoms with Crippen molar-refractivity contribution in [3.63, 3.8) is 0 Å². The molecule has 0 aromatic heterocycles. The Bertz CT molecular complexity index is 1290. The summed E-state index contributed by atoms with van der Waals surface area (Å²) in [5.41, 5.74) is 2.81. The standard InChI is InChI=1S/C22H18N2O5S/c1-24-18-8-6-14(12-17(18)16-4-2-3-5-21(16)30(24,26)27)22(25)23-15-7-9-19-20(13-15)29-11-10-28-19/h2-9,12-13H,10-11H2,1H3,(H,23,25). The van der Waals surface area contributed by atoms with Gasteiger partial charge in [0.15, 0.2) is 11.5 Å². The maximum atomic E-state index is 12.9. The van der Waals surface area contributed by atoms with Gasteiger partial charge in [0.25, 0.3) is 15.9 Å². The number of carbonyl (C=O) groups excluding carboxylic acids is 1. The second-order valence-electron chi connectivity index (χ2n) is 7.01. The summed E-state index contributed by atoms with van der Waals surface area (Å²) in [6.45, 7) is 0.963. The highest BCUT2D eigenvalue weighted by molar-refractivity contribution is 7.93. The fourth-order valence-electron chi connectivity index (χ4n) is 3.68. The third-order valence-corrected chi connectivity index (χ3v) is 7.04. The van der Waals surface area contributed by atoms with Crippen LogP contribution < -0.4 is 19.1 Å². The highest BCUT2D eigenvalue weighted by Gasteiger charge is 2.32. The predicted octanol–water partition coefficient (Wildman–Crippen LogP) is 3.52. The van der Waals surface area contributed by atoms with Crippen molar-refractivity contribution in [1.82, 2.24) is 0 Å². The van der Waals surface area contributed by atoms with Gasteiger partial charge >= 0.3 is 0 Å². The van der Waals surface area contributed by atoms with Gasteiger partial charge in [-0.2, -0.15) is 0 Å². The predicted molar refractivity (Wildman–Crippen MR) is 113 cm³/mol. The molecule has 30 heavy (non-hydrogen) atoms. The van der Waals surface area contributed by atoms with Crippen LogP contribution in [-0.4, -0.2) is 34.6 Å². The van der Waals surface area contributed by atoms with Crippen LogP contribution in [0.4, 0.5) is 11.4 Å². The van der Waals surface area contributed by atoms with Crippen molar-refractivity contribution in [3.05, 3.63) is 66.2 Å². The molecular formula is C22H18N2O5S. The van der Waals surface area contributed by atoms with Crippen molar-refractivity contribution in [3.8, 4) is 22.6 Å². The van der Waals surface area contributed by atoms with Crippen LogP contribution in [0, 0.1) is 0 Å². The Labute approximate surface area is 173 Å². The molecule has 2 heterocycles. The summed E-state index contributed by atoms with van der Waals surface area (Å²) in [6, 6.07) is 17.0. The molecule has 0 fully saturated rings. The smallest absolute Gasteiger partial charge is 0.264 e. The zero-order valence-corrected chi connectivity index (χ0v) is 16.9. The summed E-state index contributed by atoms with van der Waals surface area (Å²) in [7, 11) is -2.10. The number of hydrogen-bond acceptors (Lipinski definition) is 5. The van der Waals surface area contributed by atoms with Gasteiger partial charge in [-0.25, -0.2) is 8.42 Å². The van der Waals surface area contributed by atoms with Gasteiger partial charge < -0.3 is 14.8 Å². The van der Waals surface area contributed by atoms with E-state index in [2.05, 4.69) is 5.32 Å². The minimum Gasteiger partial charge on any atom is -0.486 e. The molecule has 1 N–H and O–H groups in total. The van der Waals surface area contributed by atoms with Crippen LogP contribution in [0.1, 0.15) is 10.4 Å². The summed E-state index contributed by atoms with van der Waals surface area (Å²) < 4.78 is 37.8. The SMILES string of the molecule is CN1c2ccc(C(=O)Nc3ccc4c(c3)OCCO4)cc2-c2ccccc2S1(=O)=O. The zero-order chi connectivity index (χ0) is 20.9. The van der Waals surface area contributed by atoms with E-state index in [9.17, 15) is 13.2 Å². The molecule has 0 unspecified atom stereocenters. The summed E-state index contributed by atoms with van der Waals surface area (Å²) in [6.07, 6.45) is 0. The first-order valence-corrected chi connectivity index (χ1v) is 10.8. The first kappa shape index (κ1) is 18.5. The summed E-state index contributed by atoms with van der Waals surface area (Å²) in [5, 5.41) is 2.86. The number of hydrogen-bond donors (Lipinski definition) is 1. The van der Waals surface area contributed by atoms with E-state index in [0.29, 0.717) is 52.8 Å². The maximum absolute atomic E-state index is 12.9. The quantitative estimate of drug-likeness (QED) is 0.683. The lowest BCUT2D eigenvalue weighted by Gasteiger charge is -2.29. The fourth-order valence-corrected chi connectivity index (χ4v) is 5.10. The minimum absolute atomic E-state index is 0.226. The van der Waals surface area contributed by atoms with E-state index in [1.54, 1.807) is 60.7 Å². The Morgan fingerprint density at radius 3 is 2.53 bits per heavy atom. The number of nitrogens with zero attached hydrogens (tertiary/aromatic N) is 1. The molecule has 0 radical (unpaired) electrons. The van der Waals surface area contributed by atoms with Gasteiger partial charge in [-0.3, -0.25) is 9.10 Å². The number of amides is 1. The molecule has 1 amide bonds.